The van der Waals surface area contributed by atoms with Crippen molar-refractivity contribution in [3.05, 3.63) is 23.8 Å². The number of rotatable bonds is 6. The number of anilines is 1. The van der Waals surface area contributed by atoms with E-state index in [1.807, 2.05) is 0 Å². The lowest BCUT2D eigenvalue weighted by Crippen LogP contribution is -2.33. The van der Waals surface area contributed by atoms with Gasteiger partial charge in [-0.3, -0.25) is 4.79 Å². The molecular formula is C13H17N3O5. The lowest BCUT2D eigenvalue weighted by molar-refractivity contribution is -0.120. The molecule has 0 bridgehead atoms. The molecule has 0 radical (unpaired) electrons. The van der Waals surface area contributed by atoms with Gasteiger partial charge in [-0.05, 0) is 19.1 Å². The largest absolute Gasteiger partial charge is 0.507 e. The number of carboxylic acids is 1. The van der Waals surface area contributed by atoms with E-state index < -0.39 is 17.7 Å². The number of amides is 3. The van der Waals surface area contributed by atoms with Crippen molar-refractivity contribution in [2.24, 2.45) is 0 Å². The van der Waals surface area contributed by atoms with E-state index in [2.05, 4.69) is 16.0 Å². The van der Waals surface area contributed by atoms with Crippen LogP contribution in [0.25, 0.3) is 0 Å². The van der Waals surface area contributed by atoms with Gasteiger partial charge in [0.15, 0.2) is 0 Å². The lowest BCUT2D eigenvalue weighted by atomic mass is 10.2. The molecule has 0 unspecified atom stereocenters. The molecule has 0 saturated carbocycles. The van der Waals surface area contributed by atoms with Crippen LogP contribution in [0.2, 0.25) is 0 Å². The third-order valence-corrected chi connectivity index (χ3v) is 2.50. The summed E-state index contributed by atoms with van der Waals surface area (Å²) in [4.78, 5) is 33.4. The Balaban J connectivity index is 2.46. The molecular weight excluding hydrogens is 278 g/mol. The Morgan fingerprint density at radius 3 is 2.48 bits per heavy atom. The molecule has 0 aliphatic heterocycles. The molecule has 5 N–H and O–H groups in total. The van der Waals surface area contributed by atoms with E-state index in [1.54, 1.807) is 6.92 Å². The smallest absolute Gasteiger partial charge is 0.339 e. The Labute approximate surface area is 121 Å². The van der Waals surface area contributed by atoms with E-state index in [1.165, 1.54) is 12.1 Å². The van der Waals surface area contributed by atoms with Gasteiger partial charge >= 0.3 is 12.0 Å². The molecule has 21 heavy (non-hydrogen) atoms. The molecule has 0 fully saturated rings. The Bertz CT molecular complexity index is 545. The molecule has 8 nitrogen and oxygen atoms in total. The average molecular weight is 295 g/mol. The van der Waals surface area contributed by atoms with E-state index in [-0.39, 0.29) is 30.1 Å². The molecule has 1 aromatic rings. The molecule has 0 aliphatic rings. The fraction of sp³-hybridized carbons (Fsp3) is 0.308. The number of carboxylic acid groups (broad SMARTS) is 1. The minimum atomic E-state index is -1.26. The molecule has 0 aliphatic carbocycles. The highest BCUT2D eigenvalue weighted by Gasteiger charge is 2.10. The Kier molecular flexibility index (Phi) is 5.99. The maximum absolute atomic E-state index is 11.5. The zero-order valence-electron chi connectivity index (χ0n) is 11.5. The van der Waals surface area contributed by atoms with Crippen LogP contribution in [0.5, 0.6) is 5.75 Å². The maximum atomic E-state index is 11.5. The predicted molar refractivity (Wildman–Crippen MR) is 75.4 cm³/mol. The van der Waals surface area contributed by atoms with Crippen molar-refractivity contribution in [3.8, 4) is 5.75 Å². The first-order chi connectivity index (χ1) is 9.93. The Morgan fingerprint density at radius 2 is 1.90 bits per heavy atom. The van der Waals surface area contributed by atoms with E-state index in [0.717, 1.165) is 6.07 Å². The second kappa shape index (κ2) is 7.73. The molecule has 1 rings (SSSR count). The summed E-state index contributed by atoms with van der Waals surface area (Å²) in [6, 6.07) is 3.11. The van der Waals surface area contributed by atoms with Gasteiger partial charge in [0.2, 0.25) is 5.91 Å². The van der Waals surface area contributed by atoms with Crippen molar-refractivity contribution in [1.29, 1.82) is 0 Å². The van der Waals surface area contributed by atoms with Gasteiger partial charge in [-0.25, -0.2) is 9.59 Å². The van der Waals surface area contributed by atoms with Gasteiger partial charge in [0.1, 0.15) is 11.3 Å². The molecule has 0 spiro atoms. The third-order valence-electron chi connectivity index (χ3n) is 2.50. The number of aromatic carboxylic acids is 1. The lowest BCUT2D eigenvalue weighted by Gasteiger charge is -2.08. The van der Waals surface area contributed by atoms with Crippen LogP contribution in [0.1, 0.15) is 23.7 Å². The molecule has 0 aromatic heterocycles. The van der Waals surface area contributed by atoms with E-state index in [0.29, 0.717) is 6.54 Å². The summed E-state index contributed by atoms with van der Waals surface area (Å²) in [5, 5.41) is 25.7. The fourth-order valence-electron chi connectivity index (χ4n) is 1.54. The molecule has 1 aromatic carbocycles. The molecule has 114 valence electrons. The van der Waals surface area contributed by atoms with Crippen molar-refractivity contribution in [1.82, 2.24) is 10.6 Å². The van der Waals surface area contributed by atoms with Gasteiger partial charge in [0.05, 0.1) is 0 Å². The zero-order valence-corrected chi connectivity index (χ0v) is 11.5. The van der Waals surface area contributed by atoms with Gasteiger partial charge in [0.25, 0.3) is 0 Å². The number of carbonyl (C=O) groups excluding carboxylic acids is 2. The van der Waals surface area contributed by atoms with Crippen molar-refractivity contribution >= 4 is 23.6 Å². The van der Waals surface area contributed by atoms with Gasteiger partial charge in [-0.2, -0.15) is 0 Å². The summed E-state index contributed by atoms with van der Waals surface area (Å²) in [5.74, 6) is -1.87. The topological polar surface area (TPSA) is 128 Å². The summed E-state index contributed by atoms with van der Waals surface area (Å²) >= 11 is 0. The first kappa shape index (κ1) is 16.3. The van der Waals surface area contributed by atoms with Crippen LogP contribution in [0.3, 0.4) is 0 Å². The van der Waals surface area contributed by atoms with E-state index >= 15 is 0 Å². The zero-order chi connectivity index (χ0) is 15.8. The van der Waals surface area contributed by atoms with Crippen LogP contribution >= 0.6 is 0 Å². The van der Waals surface area contributed by atoms with E-state index in [4.69, 9.17) is 5.11 Å². The SMILES string of the molecule is CCNC(=O)CCNC(=O)Nc1ccc(C(=O)O)c(O)c1. The first-order valence-corrected chi connectivity index (χ1v) is 6.32. The van der Waals surface area contributed by atoms with Crippen molar-refractivity contribution in [2.45, 2.75) is 13.3 Å². The number of hydrogen-bond donors (Lipinski definition) is 5. The number of benzene rings is 1. The van der Waals surface area contributed by atoms with Gasteiger partial charge < -0.3 is 26.2 Å². The highest BCUT2D eigenvalue weighted by Crippen LogP contribution is 2.21. The monoisotopic (exact) mass is 295 g/mol. The van der Waals surface area contributed by atoms with Crippen LogP contribution in [0.15, 0.2) is 18.2 Å². The highest BCUT2D eigenvalue weighted by molar-refractivity contribution is 5.94. The summed E-state index contributed by atoms with van der Waals surface area (Å²) in [6.07, 6.45) is 0.157. The van der Waals surface area contributed by atoms with Crippen molar-refractivity contribution in [3.63, 3.8) is 0 Å². The Morgan fingerprint density at radius 1 is 1.19 bits per heavy atom. The number of urea groups is 1. The van der Waals surface area contributed by atoms with Crippen molar-refractivity contribution in [2.75, 3.05) is 18.4 Å². The van der Waals surface area contributed by atoms with Crippen LogP contribution in [0, 0.1) is 0 Å². The third kappa shape index (κ3) is 5.39. The maximum Gasteiger partial charge on any atom is 0.339 e. The average Bonchev–Trinajstić information content (AvgIpc) is 2.38. The molecule has 0 heterocycles. The summed E-state index contributed by atoms with van der Waals surface area (Å²) in [5.41, 5.74) is -0.00907. The van der Waals surface area contributed by atoms with Crippen molar-refractivity contribution < 1.29 is 24.6 Å². The number of aromatic hydroxyl groups is 1. The minimum Gasteiger partial charge on any atom is -0.507 e. The standard InChI is InChI=1S/C13H17N3O5/c1-2-14-11(18)5-6-15-13(21)16-8-3-4-9(12(19)20)10(17)7-8/h3-4,7,17H,2,5-6H2,1H3,(H,14,18)(H,19,20)(H2,15,16,21). The molecule has 0 saturated heterocycles. The fourth-order valence-corrected chi connectivity index (χ4v) is 1.54. The second-order valence-corrected chi connectivity index (χ2v) is 4.12. The number of nitrogens with one attached hydrogen (secondary N) is 3. The number of hydrogen-bond acceptors (Lipinski definition) is 4. The van der Waals surface area contributed by atoms with E-state index in [9.17, 15) is 19.5 Å². The summed E-state index contributed by atoms with van der Waals surface area (Å²) < 4.78 is 0. The van der Waals surface area contributed by atoms with Crippen LogP contribution in [0.4, 0.5) is 10.5 Å². The predicted octanol–water partition coefficient (Wildman–Crippen LogP) is 0.738. The Hall–Kier alpha value is -2.77. The van der Waals surface area contributed by atoms with Crippen LogP contribution in [-0.2, 0) is 4.79 Å². The minimum absolute atomic E-state index is 0.157. The second-order valence-electron chi connectivity index (χ2n) is 4.12. The van der Waals surface area contributed by atoms with Crippen LogP contribution < -0.4 is 16.0 Å². The number of carbonyl (C=O) groups is 3. The number of phenols is 1. The summed E-state index contributed by atoms with van der Waals surface area (Å²) in [7, 11) is 0. The summed E-state index contributed by atoms with van der Waals surface area (Å²) in [6.45, 7) is 2.49. The normalized spacial score (nSPS) is 9.76. The van der Waals surface area contributed by atoms with Crippen LogP contribution in [-0.4, -0.2) is 41.2 Å². The quantitative estimate of drug-likeness (QED) is 0.529. The molecule has 3 amide bonds. The van der Waals surface area contributed by atoms with Gasteiger partial charge in [0, 0.05) is 31.3 Å². The highest BCUT2D eigenvalue weighted by atomic mass is 16.4. The van der Waals surface area contributed by atoms with Gasteiger partial charge in [-0.1, -0.05) is 0 Å². The van der Waals surface area contributed by atoms with Gasteiger partial charge in [-0.15, -0.1) is 0 Å². The molecule has 0 atom stereocenters. The molecule has 8 heteroatoms. The first-order valence-electron chi connectivity index (χ1n) is 6.32.